The Morgan fingerprint density at radius 1 is 1.21 bits per heavy atom. The third-order valence-electron chi connectivity index (χ3n) is 3.43. The molecule has 0 radical (unpaired) electrons. The zero-order chi connectivity index (χ0) is 14.0. The Morgan fingerprint density at radius 3 is 2.32 bits per heavy atom. The van der Waals surface area contributed by atoms with Gasteiger partial charge in [-0.2, -0.15) is 8.78 Å². The van der Waals surface area contributed by atoms with Crippen LogP contribution in [0.1, 0.15) is 24.3 Å². The zero-order valence-corrected chi connectivity index (χ0v) is 10.8. The van der Waals surface area contributed by atoms with Crippen LogP contribution in [0, 0.1) is 0 Å². The van der Waals surface area contributed by atoms with Crippen molar-refractivity contribution in [3.05, 3.63) is 34.9 Å². The number of alkyl halides is 4. The fraction of sp³-hybridized carbons (Fsp3) is 0.538. The molecule has 1 saturated carbocycles. The molecule has 0 amide bonds. The van der Waals surface area contributed by atoms with Crippen molar-refractivity contribution >= 4 is 11.6 Å². The summed E-state index contributed by atoms with van der Waals surface area (Å²) in [7, 11) is 0. The first-order chi connectivity index (χ1) is 8.88. The van der Waals surface area contributed by atoms with Crippen LogP contribution in [0.4, 0.5) is 17.6 Å². The zero-order valence-electron chi connectivity index (χ0n) is 10.1. The molecular formula is C13H14ClF4N. The van der Waals surface area contributed by atoms with Crippen LogP contribution in [0.3, 0.4) is 0 Å². The maximum atomic E-state index is 12.7. The van der Waals surface area contributed by atoms with E-state index in [1.165, 1.54) is 0 Å². The molecule has 0 aliphatic heterocycles. The predicted molar refractivity (Wildman–Crippen MR) is 66.2 cm³/mol. The molecule has 1 aromatic rings. The van der Waals surface area contributed by atoms with Gasteiger partial charge in [-0.05, 0) is 36.5 Å². The summed E-state index contributed by atoms with van der Waals surface area (Å²) in [6.45, 7) is -0.970. The average Bonchev–Trinajstić information content (AvgIpc) is 2.29. The molecule has 1 aliphatic carbocycles. The van der Waals surface area contributed by atoms with E-state index in [9.17, 15) is 17.6 Å². The molecule has 1 aromatic carbocycles. The van der Waals surface area contributed by atoms with Gasteiger partial charge in [-0.25, -0.2) is 8.78 Å². The molecule has 106 valence electrons. The highest BCUT2D eigenvalue weighted by molar-refractivity contribution is 6.30. The molecule has 0 heterocycles. The van der Waals surface area contributed by atoms with Crippen LogP contribution in [0.15, 0.2) is 24.3 Å². The number of nitrogens with one attached hydrogen (secondary N) is 1. The third-order valence-corrected chi connectivity index (χ3v) is 3.68. The summed E-state index contributed by atoms with van der Waals surface area (Å²) < 4.78 is 49.3. The molecule has 6 heteroatoms. The smallest absolute Gasteiger partial charge is 0.308 e. The molecule has 1 fully saturated rings. The molecule has 1 aliphatic rings. The van der Waals surface area contributed by atoms with E-state index < -0.39 is 18.9 Å². The minimum Gasteiger partial charge on any atom is -0.308 e. The number of rotatable bonds is 5. The Kier molecular flexibility index (Phi) is 4.36. The van der Waals surface area contributed by atoms with Gasteiger partial charge in [0.2, 0.25) is 0 Å². The van der Waals surface area contributed by atoms with Gasteiger partial charge in [0, 0.05) is 11.1 Å². The van der Waals surface area contributed by atoms with E-state index in [-0.39, 0.29) is 12.0 Å². The minimum atomic E-state index is -3.95. The van der Waals surface area contributed by atoms with E-state index >= 15 is 0 Å². The van der Waals surface area contributed by atoms with Gasteiger partial charge in [-0.15, -0.1) is 0 Å². The fourth-order valence-electron chi connectivity index (χ4n) is 2.15. The monoisotopic (exact) mass is 295 g/mol. The van der Waals surface area contributed by atoms with Gasteiger partial charge >= 0.3 is 12.3 Å². The van der Waals surface area contributed by atoms with E-state index in [0.29, 0.717) is 17.9 Å². The summed E-state index contributed by atoms with van der Waals surface area (Å²) in [6, 6.07) is 7.24. The van der Waals surface area contributed by atoms with Crippen LogP contribution >= 0.6 is 11.6 Å². The predicted octanol–water partition coefficient (Wildman–Crippen LogP) is 4.08. The Bertz CT molecular complexity index is 415. The van der Waals surface area contributed by atoms with Crippen molar-refractivity contribution < 1.29 is 17.6 Å². The molecule has 0 saturated heterocycles. The van der Waals surface area contributed by atoms with Crippen molar-refractivity contribution in [3.8, 4) is 0 Å². The summed E-state index contributed by atoms with van der Waals surface area (Å²) in [4.78, 5) is 0. The highest BCUT2D eigenvalue weighted by Gasteiger charge is 2.42. The molecule has 19 heavy (non-hydrogen) atoms. The molecule has 2 rings (SSSR count). The molecule has 0 aromatic heterocycles. The summed E-state index contributed by atoms with van der Waals surface area (Å²) in [5.41, 5.74) is 1.10. The average molecular weight is 296 g/mol. The lowest BCUT2D eigenvalue weighted by atomic mass is 9.76. The third kappa shape index (κ3) is 3.60. The molecule has 0 unspecified atom stereocenters. The standard InChI is InChI=1S/C13H14ClF4N/c14-10-3-1-8(2-4-10)9-5-11(6-9)19-7-13(17,18)12(15)16/h1-4,9,11-12,19H,5-7H2. The van der Waals surface area contributed by atoms with Gasteiger partial charge in [0.05, 0.1) is 6.54 Å². The quantitative estimate of drug-likeness (QED) is 0.807. The number of halogens is 5. The Labute approximate surface area is 113 Å². The molecule has 0 spiro atoms. The van der Waals surface area contributed by atoms with Crippen LogP contribution in [0.2, 0.25) is 5.02 Å². The molecule has 0 bridgehead atoms. The highest BCUT2D eigenvalue weighted by Crippen LogP contribution is 2.37. The Balaban J connectivity index is 1.76. The fourth-order valence-corrected chi connectivity index (χ4v) is 2.28. The van der Waals surface area contributed by atoms with E-state index in [1.807, 2.05) is 12.1 Å². The van der Waals surface area contributed by atoms with Crippen molar-refractivity contribution in [2.45, 2.75) is 37.1 Å². The second-order valence-corrected chi connectivity index (χ2v) is 5.30. The first-order valence-electron chi connectivity index (χ1n) is 6.03. The SMILES string of the molecule is FC(F)C(F)(F)CNC1CC(c2ccc(Cl)cc2)C1. The second-order valence-electron chi connectivity index (χ2n) is 4.86. The Morgan fingerprint density at radius 2 is 1.79 bits per heavy atom. The van der Waals surface area contributed by atoms with Gasteiger partial charge in [-0.1, -0.05) is 23.7 Å². The summed E-state index contributed by atoms with van der Waals surface area (Å²) in [6.07, 6.45) is -2.26. The maximum absolute atomic E-state index is 12.7. The number of hydrogen-bond donors (Lipinski definition) is 1. The van der Waals surface area contributed by atoms with Crippen molar-refractivity contribution in [1.82, 2.24) is 5.32 Å². The molecule has 1 nitrogen and oxygen atoms in total. The van der Waals surface area contributed by atoms with Crippen LogP contribution in [-0.2, 0) is 0 Å². The highest BCUT2D eigenvalue weighted by atomic mass is 35.5. The van der Waals surface area contributed by atoms with Crippen molar-refractivity contribution in [1.29, 1.82) is 0 Å². The van der Waals surface area contributed by atoms with Crippen LogP contribution in [0.5, 0.6) is 0 Å². The lowest BCUT2D eigenvalue weighted by molar-refractivity contribution is -0.127. The summed E-state index contributed by atoms with van der Waals surface area (Å²) in [5, 5.41) is 3.14. The first kappa shape index (κ1) is 14.6. The molecule has 0 atom stereocenters. The summed E-state index contributed by atoms with van der Waals surface area (Å²) in [5.74, 6) is -3.67. The topological polar surface area (TPSA) is 12.0 Å². The van der Waals surface area contributed by atoms with Crippen LogP contribution in [0.25, 0.3) is 0 Å². The van der Waals surface area contributed by atoms with Gasteiger partial charge in [-0.3, -0.25) is 0 Å². The number of benzene rings is 1. The largest absolute Gasteiger partial charge is 0.319 e. The van der Waals surface area contributed by atoms with E-state index in [1.54, 1.807) is 12.1 Å². The molecular weight excluding hydrogens is 282 g/mol. The normalized spacial score (nSPS) is 23.5. The minimum absolute atomic E-state index is 0.120. The summed E-state index contributed by atoms with van der Waals surface area (Å²) >= 11 is 5.77. The van der Waals surface area contributed by atoms with Crippen LogP contribution in [-0.4, -0.2) is 24.9 Å². The van der Waals surface area contributed by atoms with Gasteiger partial charge in [0.25, 0.3) is 0 Å². The Hall–Kier alpha value is -0.810. The second kappa shape index (κ2) is 5.67. The van der Waals surface area contributed by atoms with Crippen molar-refractivity contribution in [3.63, 3.8) is 0 Å². The van der Waals surface area contributed by atoms with Gasteiger partial charge in [0.15, 0.2) is 0 Å². The van der Waals surface area contributed by atoms with E-state index in [2.05, 4.69) is 5.32 Å². The molecule has 1 N–H and O–H groups in total. The maximum Gasteiger partial charge on any atom is 0.319 e. The van der Waals surface area contributed by atoms with E-state index in [0.717, 1.165) is 5.56 Å². The van der Waals surface area contributed by atoms with Crippen molar-refractivity contribution in [2.75, 3.05) is 6.54 Å². The van der Waals surface area contributed by atoms with Crippen molar-refractivity contribution in [2.24, 2.45) is 0 Å². The number of hydrogen-bond acceptors (Lipinski definition) is 1. The lowest BCUT2D eigenvalue weighted by Gasteiger charge is -2.37. The van der Waals surface area contributed by atoms with Crippen LogP contribution < -0.4 is 5.32 Å². The van der Waals surface area contributed by atoms with E-state index in [4.69, 9.17) is 11.6 Å². The first-order valence-corrected chi connectivity index (χ1v) is 6.41. The van der Waals surface area contributed by atoms with Gasteiger partial charge < -0.3 is 5.32 Å². The lowest BCUT2D eigenvalue weighted by Crippen LogP contribution is -2.47. The van der Waals surface area contributed by atoms with Gasteiger partial charge in [0.1, 0.15) is 0 Å².